The van der Waals surface area contributed by atoms with E-state index < -0.39 is 22.4 Å². The summed E-state index contributed by atoms with van der Waals surface area (Å²) >= 11 is 0. The molecule has 30 heavy (non-hydrogen) atoms. The average Bonchev–Trinajstić information content (AvgIpc) is 2.74. The molecule has 3 aromatic rings. The van der Waals surface area contributed by atoms with E-state index in [-0.39, 0.29) is 23.7 Å². The topological polar surface area (TPSA) is 113 Å². The molecule has 0 radical (unpaired) electrons. The highest BCUT2D eigenvalue weighted by Crippen LogP contribution is 2.25. The van der Waals surface area contributed by atoms with Crippen LogP contribution >= 0.6 is 0 Å². The van der Waals surface area contributed by atoms with Crippen molar-refractivity contribution < 1.29 is 4.79 Å². The van der Waals surface area contributed by atoms with Crippen LogP contribution in [0.1, 0.15) is 32.8 Å². The van der Waals surface area contributed by atoms with Crippen LogP contribution in [0.4, 0.5) is 17.2 Å². The summed E-state index contributed by atoms with van der Waals surface area (Å²) in [5.41, 5.74) is -0.370. The van der Waals surface area contributed by atoms with Gasteiger partial charge in [0.25, 0.3) is 10.9 Å². The highest BCUT2D eigenvalue weighted by Gasteiger charge is 2.31. The van der Waals surface area contributed by atoms with Gasteiger partial charge in [0.2, 0.25) is 5.91 Å². The number of nitrogens with zero attached hydrogens (tertiary/aromatic N) is 2. The van der Waals surface area contributed by atoms with Gasteiger partial charge in [-0.15, -0.1) is 0 Å². The number of anilines is 3. The summed E-state index contributed by atoms with van der Waals surface area (Å²) in [6, 6.07) is 8.97. The lowest BCUT2D eigenvalue weighted by Crippen LogP contribution is -2.51. The normalized spacial score (nSPS) is 12.4. The van der Waals surface area contributed by atoms with Gasteiger partial charge in [-0.2, -0.15) is 0 Å². The molecule has 8 heteroatoms. The van der Waals surface area contributed by atoms with Gasteiger partial charge >= 0.3 is 0 Å². The lowest BCUT2D eigenvalue weighted by Gasteiger charge is -2.33. The summed E-state index contributed by atoms with van der Waals surface area (Å²) in [5, 5.41) is 8.86. The van der Waals surface area contributed by atoms with Gasteiger partial charge in [0.15, 0.2) is 0 Å². The highest BCUT2D eigenvalue weighted by atomic mass is 16.2. The summed E-state index contributed by atoms with van der Waals surface area (Å²) in [5.74, 6) is 0.296. The number of carbonyl (C=O) groups is 1. The van der Waals surface area contributed by atoms with Crippen LogP contribution < -0.4 is 26.8 Å². The van der Waals surface area contributed by atoms with Gasteiger partial charge in [0.05, 0.1) is 0 Å². The molecule has 1 atom stereocenters. The van der Waals surface area contributed by atoms with Crippen molar-refractivity contribution in [2.75, 3.05) is 10.6 Å². The van der Waals surface area contributed by atoms with Crippen LogP contribution in [0.15, 0.2) is 58.5 Å². The van der Waals surface area contributed by atoms with Gasteiger partial charge in [0.1, 0.15) is 23.4 Å². The van der Waals surface area contributed by atoms with E-state index in [1.165, 1.54) is 0 Å². The zero-order chi connectivity index (χ0) is 21.7. The van der Waals surface area contributed by atoms with Crippen molar-refractivity contribution >= 4 is 23.1 Å². The van der Waals surface area contributed by atoms with Gasteiger partial charge in [-0.1, -0.05) is 32.9 Å². The Hall–Kier alpha value is -3.55. The van der Waals surface area contributed by atoms with Gasteiger partial charge in [-0.3, -0.25) is 19.4 Å². The Kier molecular flexibility index (Phi) is 6.25. The summed E-state index contributed by atoms with van der Waals surface area (Å²) in [7, 11) is 0. The number of aromatic nitrogens is 2. The number of rotatable bonds is 8. The van der Waals surface area contributed by atoms with E-state index in [1.54, 1.807) is 36.8 Å². The molecule has 0 aliphatic rings. The second-order valence-corrected chi connectivity index (χ2v) is 8.12. The zero-order valence-corrected chi connectivity index (χ0v) is 17.2. The standard InChI is InChI=1S/C22H25N5O3/c1-22(2,3)21(26-16(28)10-9-14-7-6-11-23-13-14)27-18-17(19(29)20(18)30)25-15-8-4-5-12-24-15/h4-8,11-13,21,27H,9-10H2,1-3H3,(H,24,25)(H,26,28). The van der Waals surface area contributed by atoms with Crippen molar-refractivity contribution in [3.63, 3.8) is 0 Å². The Bertz CT molecular complexity index is 1070. The van der Waals surface area contributed by atoms with Crippen LogP contribution in [-0.2, 0) is 11.2 Å². The number of hydrogen-bond donors (Lipinski definition) is 3. The molecule has 0 saturated heterocycles. The third-order valence-corrected chi connectivity index (χ3v) is 4.65. The molecular formula is C22H25N5O3. The molecule has 0 fully saturated rings. The SMILES string of the molecule is CC(C)(C)C(NC(=O)CCc1cccnc1)Nc1c(Nc2ccccn2)c(=O)c1=O. The number of nitrogens with one attached hydrogen (secondary N) is 3. The predicted octanol–water partition coefficient (Wildman–Crippen LogP) is 2.35. The van der Waals surface area contributed by atoms with Crippen LogP contribution in [0.3, 0.4) is 0 Å². The van der Waals surface area contributed by atoms with E-state index in [1.807, 2.05) is 32.9 Å². The molecule has 0 saturated carbocycles. The smallest absolute Gasteiger partial charge is 0.253 e. The Labute approximate surface area is 174 Å². The Morgan fingerprint density at radius 2 is 1.80 bits per heavy atom. The fourth-order valence-corrected chi connectivity index (χ4v) is 2.86. The summed E-state index contributed by atoms with van der Waals surface area (Å²) < 4.78 is 0. The minimum atomic E-state index is -0.618. The van der Waals surface area contributed by atoms with Crippen LogP contribution in [0.25, 0.3) is 0 Å². The minimum Gasteiger partial charge on any atom is -0.360 e. The molecule has 0 aliphatic carbocycles. The second-order valence-electron chi connectivity index (χ2n) is 8.12. The number of carbonyl (C=O) groups excluding carboxylic acids is 1. The predicted molar refractivity (Wildman–Crippen MR) is 116 cm³/mol. The van der Waals surface area contributed by atoms with Crippen LogP contribution in [0.5, 0.6) is 0 Å². The fourth-order valence-electron chi connectivity index (χ4n) is 2.86. The van der Waals surface area contributed by atoms with Crippen molar-refractivity contribution in [1.29, 1.82) is 0 Å². The first kappa shape index (κ1) is 21.2. The number of aryl methyl sites for hydroxylation is 1. The molecule has 156 valence electrons. The third kappa shape index (κ3) is 5.08. The van der Waals surface area contributed by atoms with E-state index in [0.717, 1.165) is 5.56 Å². The molecule has 0 spiro atoms. The highest BCUT2D eigenvalue weighted by molar-refractivity contribution is 5.80. The third-order valence-electron chi connectivity index (χ3n) is 4.65. The molecule has 3 N–H and O–H groups in total. The molecule has 1 unspecified atom stereocenters. The summed E-state index contributed by atoms with van der Waals surface area (Å²) in [6.07, 6.45) is 5.29. The maximum atomic E-state index is 12.5. The van der Waals surface area contributed by atoms with E-state index in [4.69, 9.17) is 0 Å². The lowest BCUT2D eigenvalue weighted by molar-refractivity contribution is -0.122. The Balaban J connectivity index is 1.70. The first-order valence-electron chi connectivity index (χ1n) is 9.72. The molecule has 2 aromatic heterocycles. The summed E-state index contributed by atoms with van der Waals surface area (Å²) in [6.45, 7) is 5.80. The number of hydrogen-bond acceptors (Lipinski definition) is 7. The van der Waals surface area contributed by atoms with Crippen molar-refractivity contribution in [3.05, 3.63) is 74.9 Å². The molecule has 1 amide bonds. The summed E-state index contributed by atoms with van der Waals surface area (Å²) in [4.78, 5) is 44.9. The van der Waals surface area contributed by atoms with Crippen LogP contribution in [0, 0.1) is 5.41 Å². The fraction of sp³-hybridized carbons (Fsp3) is 0.318. The number of amides is 1. The monoisotopic (exact) mass is 407 g/mol. The maximum Gasteiger partial charge on any atom is 0.253 e. The molecule has 8 nitrogen and oxygen atoms in total. The van der Waals surface area contributed by atoms with E-state index >= 15 is 0 Å². The molecule has 2 heterocycles. The van der Waals surface area contributed by atoms with Crippen molar-refractivity contribution in [1.82, 2.24) is 15.3 Å². The first-order valence-corrected chi connectivity index (χ1v) is 9.72. The average molecular weight is 407 g/mol. The Morgan fingerprint density at radius 1 is 1.03 bits per heavy atom. The molecular weight excluding hydrogens is 382 g/mol. The van der Waals surface area contributed by atoms with Crippen molar-refractivity contribution in [2.24, 2.45) is 5.41 Å². The Morgan fingerprint density at radius 3 is 2.43 bits per heavy atom. The maximum absolute atomic E-state index is 12.5. The lowest BCUT2D eigenvalue weighted by atomic mass is 9.91. The molecule has 0 bridgehead atoms. The van der Waals surface area contributed by atoms with Crippen molar-refractivity contribution in [3.8, 4) is 0 Å². The first-order chi connectivity index (χ1) is 14.3. The van der Waals surface area contributed by atoms with E-state index in [9.17, 15) is 14.4 Å². The number of pyridine rings is 2. The molecule has 0 aliphatic heterocycles. The van der Waals surface area contributed by atoms with Gasteiger partial charge in [-0.25, -0.2) is 4.98 Å². The zero-order valence-electron chi connectivity index (χ0n) is 17.2. The largest absolute Gasteiger partial charge is 0.360 e. The quantitative estimate of drug-likeness (QED) is 0.388. The van der Waals surface area contributed by atoms with E-state index in [0.29, 0.717) is 12.2 Å². The van der Waals surface area contributed by atoms with Gasteiger partial charge in [0, 0.05) is 30.4 Å². The molecule has 3 rings (SSSR count). The molecule has 1 aromatic carbocycles. The minimum absolute atomic E-state index is 0.151. The van der Waals surface area contributed by atoms with Crippen LogP contribution in [0.2, 0.25) is 0 Å². The van der Waals surface area contributed by atoms with E-state index in [2.05, 4.69) is 25.9 Å². The van der Waals surface area contributed by atoms with Crippen LogP contribution in [-0.4, -0.2) is 22.0 Å². The van der Waals surface area contributed by atoms with Gasteiger partial charge in [-0.05, 0) is 30.2 Å². The van der Waals surface area contributed by atoms with Gasteiger partial charge < -0.3 is 16.0 Å². The van der Waals surface area contributed by atoms with Crippen molar-refractivity contribution in [2.45, 2.75) is 39.8 Å². The second kappa shape index (κ2) is 8.86.